The van der Waals surface area contributed by atoms with Crippen LogP contribution in [-0.2, 0) is 17.9 Å². The number of hydrogen-bond acceptors (Lipinski definition) is 6. The third-order valence-corrected chi connectivity index (χ3v) is 6.20. The van der Waals surface area contributed by atoms with Crippen LogP contribution in [-0.4, -0.2) is 21.0 Å². The van der Waals surface area contributed by atoms with Crippen LogP contribution in [0.25, 0.3) is 6.08 Å². The first kappa shape index (κ1) is 22.6. The van der Waals surface area contributed by atoms with Gasteiger partial charge in [0.1, 0.15) is 12.4 Å². The van der Waals surface area contributed by atoms with E-state index >= 15 is 0 Å². The summed E-state index contributed by atoms with van der Waals surface area (Å²) in [6.45, 7) is 0.164. The first-order valence-electron chi connectivity index (χ1n) is 9.86. The van der Waals surface area contributed by atoms with Crippen LogP contribution in [0.4, 0.5) is 10.5 Å². The smallest absolute Gasteiger partial charge is 0.293 e. The van der Waals surface area contributed by atoms with Crippen LogP contribution in [0.15, 0.2) is 77.7 Å². The lowest BCUT2D eigenvalue weighted by Crippen LogP contribution is -2.27. The van der Waals surface area contributed by atoms with E-state index in [-0.39, 0.29) is 17.1 Å². The summed E-state index contributed by atoms with van der Waals surface area (Å²) in [7, 11) is 0. The van der Waals surface area contributed by atoms with Crippen LogP contribution in [0, 0.1) is 10.1 Å². The van der Waals surface area contributed by atoms with Gasteiger partial charge in [0.15, 0.2) is 0 Å². The normalized spacial score (nSPS) is 14.7. The first-order valence-corrected chi connectivity index (χ1v) is 11.1. The zero-order chi connectivity index (χ0) is 23.4. The molecule has 1 heterocycles. The second-order valence-corrected chi connectivity index (χ2v) is 8.50. The zero-order valence-electron chi connectivity index (χ0n) is 17.1. The summed E-state index contributed by atoms with van der Waals surface area (Å²) in [5.74, 6) is 0.152. The molecule has 2 amide bonds. The summed E-state index contributed by atoms with van der Waals surface area (Å²) in [4.78, 5) is 37.1. The lowest BCUT2D eigenvalue weighted by Gasteiger charge is -2.12. The van der Waals surface area contributed by atoms with Crippen LogP contribution in [0.5, 0.6) is 5.75 Å². The van der Waals surface area contributed by atoms with Crippen LogP contribution >= 0.6 is 23.4 Å². The lowest BCUT2D eigenvalue weighted by molar-refractivity contribution is -0.385. The number of carbonyl (C=O) groups excluding carboxylic acids is 2. The summed E-state index contributed by atoms with van der Waals surface area (Å²) < 4.78 is 5.76. The highest BCUT2D eigenvalue weighted by molar-refractivity contribution is 8.18. The molecule has 0 saturated carbocycles. The second-order valence-electron chi connectivity index (χ2n) is 7.10. The van der Waals surface area contributed by atoms with Crippen LogP contribution < -0.4 is 4.74 Å². The Bertz CT molecular complexity index is 1260. The molecule has 0 N–H and O–H groups in total. The number of ether oxygens (including phenoxy) is 1. The molecule has 0 atom stereocenters. The number of benzene rings is 3. The number of nitrogens with zero attached hydrogens (tertiary/aromatic N) is 2. The van der Waals surface area contributed by atoms with Crippen molar-refractivity contribution in [2.24, 2.45) is 0 Å². The molecule has 166 valence electrons. The van der Waals surface area contributed by atoms with Crippen molar-refractivity contribution in [2.45, 2.75) is 13.2 Å². The minimum Gasteiger partial charge on any atom is -0.489 e. The van der Waals surface area contributed by atoms with Crippen molar-refractivity contribution in [3.63, 3.8) is 0 Å². The van der Waals surface area contributed by atoms with E-state index in [1.807, 2.05) is 18.2 Å². The van der Waals surface area contributed by atoms with E-state index in [1.54, 1.807) is 42.5 Å². The van der Waals surface area contributed by atoms with Crippen LogP contribution in [0.3, 0.4) is 0 Å². The zero-order valence-corrected chi connectivity index (χ0v) is 18.7. The third kappa shape index (κ3) is 5.24. The van der Waals surface area contributed by atoms with E-state index in [0.717, 1.165) is 27.8 Å². The minimum atomic E-state index is -0.528. The van der Waals surface area contributed by atoms with Crippen molar-refractivity contribution in [3.8, 4) is 5.75 Å². The lowest BCUT2D eigenvalue weighted by atomic mass is 10.1. The van der Waals surface area contributed by atoms with Gasteiger partial charge in [-0.05, 0) is 41.6 Å². The summed E-state index contributed by atoms with van der Waals surface area (Å²) in [6, 6.07) is 20.6. The molecule has 0 bridgehead atoms. The quantitative estimate of drug-likeness (QED) is 0.232. The van der Waals surface area contributed by atoms with E-state index < -0.39 is 16.1 Å². The molecule has 0 radical (unpaired) electrons. The molecule has 4 rings (SSSR count). The third-order valence-electron chi connectivity index (χ3n) is 4.92. The Morgan fingerprint density at radius 3 is 2.33 bits per heavy atom. The van der Waals surface area contributed by atoms with Crippen molar-refractivity contribution >= 4 is 46.3 Å². The van der Waals surface area contributed by atoms with E-state index in [4.69, 9.17) is 16.3 Å². The predicted molar refractivity (Wildman–Crippen MR) is 127 cm³/mol. The van der Waals surface area contributed by atoms with E-state index in [9.17, 15) is 19.7 Å². The molecule has 1 saturated heterocycles. The number of hydrogen-bond donors (Lipinski definition) is 0. The summed E-state index contributed by atoms with van der Waals surface area (Å²) in [5, 5.41) is 11.4. The maximum Gasteiger partial charge on any atom is 0.293 e. The summed E-state index contributed by atoms with van der Waals surface area (Å²) >= 11 is 6.94. The number of amides is 2. The van der Waals surface area contributed by atoms with Gasteiger partial charge in [0, 0.05) is 22.2 Å². The average molecular weight is 481 g/mol. The molecular formula is C24H17ClN2O5S. The van der Waals surface area contributed by atoms with Gasteiger partial charge in [-0.25, -0.2) is 0 Å². The highest BCUT2D eigenvalue weighted by atomic mass is 35.5. The highest BCUT2D eigenvalue weighted by Gasteiger charge is 2.36. The van der Waals surface area contributed by atoms with Gasteiger partial charge >= 0.3 is 0 Å². The van der Waals surface area contributed by atoms with Crippen molar-refractivity contribution in [2.75, 3.05) is 0 Å². The molecule has 0 unspecified atom stereocenters. The topological polar surface area (TPSA) is 89.8 Å². The largest absolute Gasteiger partial charge is 0.489 e. The van der Waals surface area contributed by atoms with Crippen molar-refractivity contribution < 1.29 is 19.2 Å². The number of rotatable bonds is 7. The average Bonchev–Trinajstić information content (AvgIpc) is 3.07. The Morgan fingerprint density at radius 1 is 0.970 bits per heavy atom. The second kappa shape index (κ2) is 9.89. The van der Waals surface area contributed by atoms with Gasteiger partial charge in [0.25, 0.3) is 16.8 Å². The molecular weight excluding hydrogens is 464 g/mol. The fraction of sp³-hybridized carbons (Fsp3) is 0.0833. The van der Waals surface area contributed by atoms with Crippen molar-refractivity contribution in [1.82, 2.24) is 4.90 Å². The predicted octanol–water partition coefficient (Wildman–Crippen LogP) is 6.06. The molecule has 3 aromatic rings. The van der Waals surface area contributed by atoms with Crippen LogP contribution in [0.1, 0.15) is 16.7 Å². The molecule has 33 heavy (non-hydrogen) atoms. The number of para-hydroxylation sites is 1. The molecule has 9 heteroatoms. The Kier molecular flexibility index (Phi) is 6.76. The summed E-state index contributed by atoms with van der Waals surface area (Å²) in [6.07, 6.45) is 1.61. The van der Waals surface area contributed by atoms with Gasteiger partial charge in [-0.3, -0.25) is 24.6 Å². The van der Waals surface area contributed by atoms with Gasteiger partial charge in [-0.2, -0.15) is 0 Å². The Hall–Kier alpha value is -3.62. The van der Waals surface area contributed by atoms with Gasteiger partial charge in [0.2, 0.25) is 0 Å². The van der Waals surface area contributed by atoms with E-state index in [1.165, 1.54) is 18.2 Å². The molecule has 1 aliphatic heterocycles. The molecule has 0 aromatic heterocycles. The summed E-state index contributed by atoms with van der Waals surface area (Å²) in [5.41, 5.74) is 1.76. The number of imide groups is 1. The first-order chi connectivity index (χ1) is 15.9. The van der Waals surface area contributed by atoms with Gasteiger partial charge in [-0.1, -0.05) is 60.1 Å². The van der Waals surface area contributed by atoms with E-state index in [2.05, 4.69) is 0 Å². The molecule has 1 fully saturated rings. The fourth-order valence-electron chi connectivity index (χ4n) is 3.22. The molecule has 0 spiro atoms. The molecule has 1 aliphatic rings. The standard InChI is InChI=1S/C24H17ClN2O5S/c25-20-7-3-1-6-18(20)15-32-19-11-9-16(10-12-19)13-22-23(28)26(24(29)33-22)14-17-5-2-4-8-21(17)27(30)31/h1-13H,14-15H2/b22-13-. The van der Waals surface area contributed by atoms with Gasteiger partial charge in [-0.15, -0.1) is 0 Å². The number of halogens is 1. The van der Waals surface area contributed by atoms with Gasteiger partial charge in [0.05, 0.1) is 16.4 Å². The molecule has 7 nitrogen and oxygen atoms in total. The monoisotopic (exact) mass is 480 g/mol. The fourth-order valence-corrected chi connectivity index (χ4v) is 4.25. The molecule has 0 aliphatic carbocycles. The van der Waals surface area contributed by atoms with E-state index in [0.29, 0.717) is 22.9 Å². The molecule has 3 aromatic carbocycles. The Morgan fingerprint density at radius 2 is 1.64 bits per heavy atom. The van der Waals surface area contributed by atoms with Crippen LogP contribution in [0.2, 0.25) is 5.02 Å². The van der Waals surface area contributed by atoms with Crippen molar-refractivity contribution in [3.05, 3.63) is 110 Å². The maximum atomic E-state index is 12.8. The maximum absolute atomic E-state index is 12.8. The number of nitro benzene ring substituents is 1. The Balaban J connectivity index is 1.44. The number of carbonyl (C=O) groups is 2. The van der Waals surface area contributed by atoms with Crippen molar-refractivity contribution in [1.29, 1.82) is 0 Å². The minimum absolute atomic E-state index is 0.132. The highest BCUT2D eigenvalue weighted by Crippen LogP contribution is 2.34. The Labute approximate surface area is 198 Å². The number of thioether (sulfide) groups is 1. The SMILES string of the molecule is O=C1S/C(=C\c2ccc(OCc3ccccc3Cl)cc2)C(=O)N1Cc1ccccc1[N+](=O)[O-]. The van der Waals surface area contributed by atoms with Gasteiger partial charge < -0.3 is 4.74 Å². The number of nitro groups is 1.